The Balaban J connectivity index is 1.64. The third-order valence-corrected chi connectivity index (χ3v) is 3.55. The van der Waals surface area contributed by atoms with Crippen molar-refractivity contribution in [3.63, 3.8) is 0 Å². The van der Waals surface area contributed by atoms with Crippen molar-refractivity contribution >= 4 is 0 Å². The van der Waals surface area contributed by atoms with Gasteiger partial charge in [0.25, 0.3) is 0 Å². The van der Waals surface area contributed by atoms with Crippen LogP contribution >= 0.6 is 0 Å². The van der Waals surface area contributed by atoms with Gasteiger partial charge in [-0.1, -0.05) is 0 Å². The van der Waals surface area contributed by atoms with Crippen molar-refractivity contribution in [2.45, 2.75) is 32.7 Å². The van der Waals surface area contributed by atoms with Crippen LogP contribution in [0, 0.1) is 12.3 Å². The summed E-state index contributed by atoms with van der Waals surface area (Å²) in [6.45, 7) is 5.34. The second-order valence-corrected chi connectivity index (χ2v) is 4.82. The third kappa shape index (κ3) is 2.83. The number of rotatable bonds is 7. The van der Waals surface area contributed by atoms with Gasteiger partial charge in [0, 0.05) is 38.6 Å². The van der Waals surface area contributed by atoms with E-state index in [4.69, 9.17) is 5.11 Å². The zero-order valence-corrected chi connectivity index (χ0v) is 9.95. The number of aryl methyl sites for hydroxylation is 1. The quantitative estimate of drug-likeness (QED) is 0.676. The van der Waals surface area contributed by atoms with Crippen molar-refractivity contribution in [2.24, 2.45) is 5.41 Å². The molecule has 1 fully saturated rings. The maximum atomic E-state index is 8.94. The van der Waals surface area contributed by atoms with Crippen LogP contribution < -0.4 is 5.32 Å². The van der Waals surface area contributed by atoms with E-state index < -0.39 is 0 Å². The van der Waals surface area contributed by atoms with Crippen molar-refractivity contribution in [1.29, 1.82) is 0 Å². The molecule has 1 aromatic heterocycles. The molecule has 2 rings (SSSR count). The first-order valence-corrected chi connectivity index (χ1v) is 6.05. The molecular weight excluding hydrogens is 202 g/mol. The normalized spacial score (nSPS) is 17.6. The first-order valence-electron chi connectivity index (χ1n) is 6.05. The fourth-order valence-electron chi connectivity index (χ4n) is 2.12. The Morgan fingerprint density at radius 1 is 1.56 bits per heavy atom. The monoisotopic (exact) mass is 223 g/mol. The van der Waals surface area contributed by atoms with Gasteiger partial charge >= 0.3 is 0 Å². The van der Waals surface area contributed by atoms with E-state index in [1.54, 1.807) is 0 Å². The van der Waals surface area contributed by atoms with Gasteiger partial charge in [0.2, 0.25) is 0 Å². The standard InChI is InChI=1S/C12H21N3O/c1-11-14-6-8-15(11)7-5-13-10-12(2-3-12)4-9-16/h6,8,13,16H,2-5,7,9-10H2,1H3. The second kappa shape index (κ2) is 4.97. The molecule has 0 spiro atoms. The molecule has 16 heavy (non-hydrogen) atoms. The van der Waals surface area contributed by atoms with Gasteiger partial charge in [0.05, 0.1) is 0 Å². The molecule has 1 saturated carbocycles. The molecule has 0 aromatic carbocycles. The summed E-state index contributed by atoms with van der Waals surface area (Å²) in [5.74, 6) is 1.07. The van der Waals surface area contributed by atoms with E-state index in [1.165, 1.54) is 12.8 Å². The lowest BCUT2D eigenvalue weighted by molar-refractivity contribution is 0.245. The summed E-state index contributed by atoms with van der Waals surface area (Å²) in [6, 6.07) is 0. The minimum atomic E-state index is 0.322. The highest BCUT2D eigenvalue weighted by atomic mass is 16.3. The van der Waals surface area contributed by atoms with Crippen LogP contribution in [0.25, 0.3) is 0 Å². The number of hydrogen-bond acceptors (Lipinski definition) is 3. The van der Waals surface area contributed by atoms with E-state index in [-0.39, 0.29) is 0 Å². The summed E-state index contributed by atoms with van der Waals surface area (Å²) in [4.78, 5) is 4.19. The van der Waals surface area contributed by atoms with E-state index in [1.807, 2.05) is 19.3 Å². The van der Waals surface area contributed by atoms with Crippen molar-refractivity contribution < 1.29 is 5.11 Å². The van der Waals surface area contributed by atoms with Crippen LogP contribution in [0.5, 0.6) is 0 Å². The predicted octanol–water partition coefficient (Wildman–Crippen LogP) is 0.944. The Kier molecular flexibility index (Phi) is 3.61. The highest BCUT2D eigenvalue weighted by molar-refractivity contribution is 4.94. The van der Waals surface area contributed by atoms with Gasteiger partial charge in [-0.25, -0.2) is 4.98 Å². The van der Waals surface area contributed by atoms with Crippen LogP contribution in [0.2, 0.25) is 0 Å². The predicted molar refractivity (Wildman–Crippen MR) is 63.2 cm³/mol. The largest absolute Gasteiger partial charge is 0.396 e. The molecular formula is C12H21N3O. The van der Waals surface area contributed by atoms with Crippen LogP contribution in [0.15, 0.2) is 12.4 Å². The van der Waals surface area contributed by atoms with E-state index in [0.29, 0.717) is 12.0 Å². The van der Waals surface area contributed by atoms with E-state index in [0.717, 1.165) is 31.9 Å². The topological polar surface area (TPSA) is 50.1 Å². The van der Waals surface area contributed by atoms with E-state index >= 15 is 0 Å². The van der Waals surface area contributed by atoms with Gasteiger partial charge in [-0.05, 0) is 31.6 Å². The fourth-order valence-corrected chi connectivity index (χ4v) is 2.12. The average Bonchev–Trinajstić information content (AvgIpc) is 2.91. The SMILES string of the molecule is Cc1nccn1CCNCC1(CCO)CC1. The Morgan fingerprint density at radius 3 is 2.94 bits per heavy atom. The second-order valence-electron chi connectivity index (χ2n) is 4.82. The van der Waals surface area contributed by atoms with E-state index in [9.17, 15) is 0 Å². The van der Waals surface area contributed by atoms with Crippen LogP contribution in [-0.2, 0) is 6.54 Å². The molecule has 1 heterocycles. The maximum absolute atomic E-state index is 8.94. The molecule has 0 radical (unpaired) electrons. The Bertz CT molecular complexity index is 331. The number of imidazole rings is 1. The molecule has 0 atom stereocenters. The minimum absolute atomic E-state index is 0.322. The molecule has 1 aliphatic rings. The lowest BCUT2D eigenvalue weighted by Gasteiger charge is -2.14. The van der Waals surface area contributed by atoms with Crippen LogP contribution in [-0.4, -0.2) is 34.4 Å². The number of aliphatic hydroxyl groups is 1. The van der Waals surface area contributed by atoms with Crippen molar-refractivity contribution in [1.82, 2.24) is 14.9 Å². The number of hydrogen-bond donors (Lipinski definition) is 2. The first kappa shape index (κ1) is 11.6. The lowest BCUT2D eigenvalue weighted by atomic mass is 10.0. The minimum Gasteiger partial charge on any atom is -0.396 e. The zero-order valence-electron chi connectivity index (χ0n) is 9.95. The van der Waals surface area contributed by atoms with Gasteiger partial charge in [-0.15, -0.1) is 0 Å². The van der Waals surface area contributed by atoms with Crippen molar-refractivity contribution in [3.05, 3.63) is 18.2 Å². The number of aromatic nitrogens is 2. The first-order chi connectivity index (χ1) is 7.76. The molecule has 1 aliphatic carbocycles. The molecule has 90 valence electrons. The molecule has 0 unspecified atom stereocenters. The summed E-state index contributed by atoms with van der Waals surface area (Å²) >= 11 is 0. The Labute approximate surface area is 96.7 Å². The maximum Gasteiger partial charge on any atom is 0.105 e. The lowest BCUT2D eigenvalue weighted by Crippen LogP contribution is -2.28. The zero-order chi connectivity index (χ0) is 11.4. The van der Waals surface area contributed by atoms with Gasteiger partial charge in [-0.2, -0.15) is 0 Å². The van der Waals surface area contributed by atoms with Gasteiger partial charge < -0.3 is 15.0 Å². The summed E-state index contributed by atoms with van der Waals surface area (Å²) in [5.41, 5.74) is 0.415. The highest BCUT2D eigenvalue weighted by Gasteiger charge is 2.41. The summed E-state index contributed by atoms with van der Waals surface area (Å²) in [6.07, 6.45) is 7.33. The molecule has 4 nitrogen and oxygen atoms in total. The molecule has 0 saturated heterocycles. The number of nitrogens with zero attached hydrogens (tertiary/aromatic N) is 2. The molecule has 2 N–H and O–H groups in total. The number of aliphatic hydroxyl groups excluding tert-OH is 1. The van der Waals surface area contributed by atoms with Crippen molar-refractivity contribution in [2.75, 3.05) is 19.7 Å². The summed E-state index contributed by atoms with van der Waals surface area (Å²) in [5, 5.41) is 12.4. The van der Waals surface area contributed by atoms with Gasteiger partial charge in [0.1, 0.15) is 5.82 Å². The molecule has 1 aromatic rings. The molecule has 4 heteroatoms. The van der Waals surface area contributed by atoms with Crippen LogP contribution in [0.1, 0.15) is 25.1 Å². The highest BCUT2D eigenvalue weighted by Crippen LogP contribution is 2.47. The van der Waals surface area contributed by atoms with Crippen LogP contribution in [0.3, 0.4) is 0 Å². The molecule has 0 amide bonds. The Morgan fingerprint density at radius 2 is 2.38 bits per heavy atom. The fraction of sp³-hybridized carbons (Fsp3) is 0.750. The molecule has 0 aliphatic heterocycles. The number of nitrogens with one attached hydrogen (secondary N) is 1. The van der Waals surface area contributed by atoms with E-state index in [2.05, 4.69) is 14.9 Å². The molecule has 0 bridgehead atoms. The smallest absolute Gasteiger partial charge is 0.105 e. The summed E-state index contributed by atoms with van der Waals surface area (Å²) < 4.78 is 2.15. The Hall–Kier alpha value is -0.870. The van der Waals surface area contributed by atoms with Gasteiger partial charge in [-0.3, -0.25) is 0 Å². The van der Waals surface area contributed by atoms with Crippen LogP contribution in [0.4, 0.5) is 0 Å². The van der Waals surface area contributed by atoms with Gasteiger partial charge in [0.15, 0.2) is 0 Å². The average molecular weight is 223 g/mol. The summed E-state index contributed by atoms with van der Waals surface area (Å²) in [7, 11) is 0. The third-order valence-electron chi connectivity index (χ3n) is 3.55. The van der Waals surface area contributed by atoms with Crippen molar-refractivity contribution in [3.8, 4) is 0 Å².